The molecule has 1 atom stereocenters. The van der Waals surface area contributed by atoms with Crippen LogP contribution in [-0.2, 0) is 0 Å². The van der Waals surface area contributed by atoms with Crippen molar-refractivity contribution < 1.29 is 0 Å². The first kappa shape index (κ1) is 11.1. The van der Waals surface area contributed by atoms with Crippen molar-refractivity contribution in [2.24, 2.45) is 0 Å². The molecule has 0 aliphatic rings. The Morgan fingerprint density at radius 2 is 2.36 bits per heavy atom. The van der Waals surface area contributed by atoms with Crippen LogP contribution in [0.1, 0.15) is 19.8 Å². The fourth-order valence-corrected chi connectivity index (χ4v) is 1.37. The maximum atomic E-state index is 3.80. The number of hydrogen-bond donors (Lipinski definition) is 1. The lowest BCUT2D eigenvalue weighted by atomic mass is 10.2. The minimum atomic E-state index is 0.516. The third-order valence-electron chi connectivity index (χ3n) is 1.57. The van der Waals surface area contributed by atoms with Gasteiger partial charge in [-0.05, 0) is 31.4 Å². The molecule has 0 fully saturated rings. The summed E-state index contributed by atoms with van der Waals surface area (Å²) in [6.45, 7) is 7.08. The third-order valence-corrected chi connectivity index (χ3v) is 2.22. The maximum Gasteiger partial charge on any atom is 0.0255 e. The minimum Gasteiger partial charge on any atom is -0.311 e. The number of nitrogens with one attached hydrogen (secondary N) is 1. The average Bonchev–Trinajstić information content (AvgIpc) is 2.05. The Morgan fingerprint density at radius 1 is 1.64 bits per heavy atom. The van der Waals surface area contributed by atoms with Crippen LogP contribution in [0.15, 0.2) is 12.7 Å². The van der Waals surface area contributed by atoms with E-state index in [4.69, 9.17) is 0 Å². The molecule has 0 aliphatic carbocycles. The highest BCUT2D eigenvalue weighted by Crippen LogP contribution is 2.00. The van der Waals surface area contributed by atoms with Gasteiger partial charge in [0, 0.05) is 6.04 Å². The smallest absolute Gasteiger partial charge is 0.0255 e. The number of thioether (sulfide) groups is 1. The molecule has 0 spiro atoms. The molecule has 0 saturated heterocycles. The molecule has 0 aromatic carbocycles. The van der Waals surface area contributed by atoms with Gasteiger partial charge in [-0.1, -0.05) is 13.0 Å². The molecule has 1 nitrogen and oxygen atoms in total. The Bertz CT molecular complexity index is 85.6. The van der Waals surface area contributed by atoms with E-state index < -0.39 is 0 Å². The predicted octanol–water partition coefficient (Wildman–Crippen LogP) is 2.29. The molecule has 0 rings (SSSR count). The van der Waals surface area contributed by atoms with Crippen LogP contribution in [0, 0.1) is 0 Å². The first-order chi connectivity index (χ1) is 5.35. The lowest BCUT2D eigenvalue weighted by Gasteiger charge is -2.12. The first-order valence-electron chi connectivity index (χ1n) is 4.20. The van der Waals surface area contributed by atoms with Gasteiger partial charge in [-0.2, -0.15) is 11.8 Å². The van der Waals surface area contributed by atoms with Crippen molar-refractivity contribution in [3.05, 3.63) is 12.7 Å². The van der Waals surface area contributed by atoms with E-state index in [1.54, 1.807) is 0 Å². The Balaban J connectivity index is 3.33. The fraction of sp³-hybridized carbons (Fsp3) is 0.778. The predicted molar refractivity (Wildman–Crippen MR) is 55.3 cm³/mol. The van der Waals surface area contributed by atoms with Crippen molar-refractivity contribution in [3.63, 3.8) is 0 Å². The van der Waals surface area contributed by atoms with Gasteiger partial charge < -0.3 is 5.32 Å². The molecule has 0 saturated carbocycles. The second-order valence-corrected chi connectivity index (χ2v) is 3.56. The molecular formula is C9H19NS. The van der Waals surface area contributed by atoms with Crippen molar-refractivity contribution in [1.29, 1.82) is 0 Å². The molecule has 2 heteroatoms. The van der Waals surface area contributed by atoms with Crippen molar-refractivity contribution in [3.8, 4) is 0 Å². The summed E-state index contributed by atoms with van der Waals surface area (Å²) in [5.74, 6) is 1.22. The summed E-state index contributed by atoms with van der Waals surface area (Å²) >= 11 is 1.89. The maximum absolute atomic E-state index is 3.80. The van der Waals surface area contributed by atoms with E-state index in [9.17, 15) is 0 Å². The third kappa shape index (κ3) is 6.45. The van der Waals surface area contributed by atoms with E-state index in [1.165, 1.54) is 18.6 Å². The summed E-state index contributed by atoms with van der Waals surface area (Å²) in [5, 5.41) is 3.42. The van der Waals surface area contributed by atoms with Gasteiger partial charge in [0.05, 0.1) is 0 Å². The highest BCUT2D eigenvalue weighted by Gasteiger charge is 1.99. The van der Waals surface area contributed by atoms with Crippen LogP contribution in [0.2, 0.25) is 0 Å². The van der Waals surface area contributed by atoms with Gasteiger partial charge in [0.15, 0.2) is 0 Å². The number of hydrogen-bond acceptors (Lipinski definition) is 2. The van der Waals surface area contributed by atoms with Gasteiger partial charge in [-0.3, -0.25) is 0 Å². The molecule has 0 heterocycles. The van der Waals surface area contributed by atoms with Gasteiger partial charge in [0.1, 0.15) is 0 Å². The van der Waals surface area contributed by atoms with Crippen LogP contribution < -0.4 is 5.32 Å². The highest BCUT2D eigenvalue weighted by atomic mass is 32.2. The Morgan fingerprint density at radius 3 is 2.82 bits per heavy atom. The second-order valence-electron chi connectivity index (χ2n) is 2.58. The molecular weight excluding hydrogens is 154 g/mol. The van der Waals surface area contributed by atoms with Gasteiger partial charge in [0.25, 0.3) is 0 Å². The monoisotopic (exact) mass is 173 g/mol. The van der Waals surface area contributed by atoms with Crippen molar-refractivity contribution in [2.75, 3.05) is 18.6 Å². The average molecular weight is 173 g/mol. The lowest BCUT2D eigenvalue weighted by Crippen LogP contribution is -2.28. The molecule has 0 amide bonds. The minimum absolute atomic E-state index is 0.516. The molecule has 0 aliphatic heterocycles. The van der Waals surface area contributed by atoms with E-state index in [0.717, 1.165) is 6.54 Å². The van der Waals surface area contributed by atoms with Crippen LogP contribution >= 0.6 is 11.8 Å². The zero-order chi connectivity index (χ0) is 8.53. The van der Waals surface area contributed by atoms with Gasteiger partial charge in [-0.25, -0.2) is 0 Å². The van der Waals surface area contributed by atoms with Gasteiger partial charge in [-0.15, -0.1) is 6.58 Å². The first-order valence-corrected chi connectivity index (χ1v) is 5.59. The summed E-state index contributed by atoms with van der Waals surface area (Å²) in [7, 11) is 0. The van der Waals surface area contributed by atoms with E-state index in [-0.39, 0.29) is 0 Å². The molecule has 66 valence electrons. The summed E-state index contributed by atoms with van der Waals surface area (Å²) in [6.07, 6.45) is 6.54. The quantitative estimate of drug-likeness (QED) is 0.593. The van der Waals surface area contributed by atoms with Crippen LogP contribution in [0.4, 0.5) is 0 Å². The Kier molecular flexibility index (Phi) is 8.19. The summed E-state index contributed by atoms with van der Waals surface area (Å²) in [4.78, 5) is 0. The van der Waals surface area contributed by atoms with Crippen LogP contribution in [0.5, 0.6) is 0 Å². The molecule has 11 heavy (non-hydrogen) atoms. The lowest BCUT2D eigenvalue weighted by molar-refractivity contribution is 0.578. The van der Waals surface area contributed by atoms with E-state index in [2.05, 4.69) is 25.1 Å². The highest BCUT2D eigenvalue weighted by molar-refractivity contribution is 7.98. The topological polar surface area (TPSA) is 12.0 Å². The fourth-order valence-electron chi connectivity index (χ4n) is 0.878. The van der Waals surface area contributed by atoms with Crippen LogP contribution in [0.3, 0.4) is 0 Å². The SMILES string of the molecule is C=CC(CCSC)NCCC. The molecule has 0 aromatic heterocycles. The zero-order valence-electron chi connectivity index (χ0n) is 7.60. The summed E-state index contributed by atoms with van der Waals surface area (Å²) in [6, 6.07) is 0.516. The molecule has 0 aromatic rings. The molecule has 0 radical (unpaired) electrons. The van der Waals surface area contributed by atoms with Crippen molar-refractivity contribution in [1.82, 2.24) is 5.32 Å². The van der Waals surface area contributed by atoms with E-state index in [0.29, 0.717) is 6.04 Å². The van der Waals surface area contributed by atoms with Crippen molar-refractivity contribution >= 4 is 11.8 Å². The Labute approximate surface area is 74.6 Å². The Hall–Kier alpha value is 0.0500. The van der Waals surface area contributed by atoms with Gasteiger partial charge in [0.2, 0.25) is 0 Å². The number of rotatable bonds is 7. The standard InChI is InChI=1S/C9H19NS/c1-4-7-10-9(5-2)6-8-11-3/h5,9-10H,2,4,6-8H2,1,3H3. The van der Waals surface area contributed by atoms with E-state index >= 15 is 0 Å². The van der Waals surface area contributed by atoms with Gasteiger partial charge >= 0.3 is 0 Å². The van der Waals surface area contributed by atoms with Crippen LogP contribution in [0.25, 0.3) is 0 Å². The molecule has 1 unspecified atom stereocenters. The molecule has 0 bridgehead atoms. The van der Waals surface area contributed by atoms with E-state index in [1.807, 2.05) is 17.8 Å². The van der Waals surface area contributed by atoms with Crippen molar-refractivity contribution in [2.45, 2.75) is 25.8 Å². The second kappa shape index (κ2) is 8.15. The summed E-state index contributed by atoms with van der Waals surface area (Å²) in [5.41, 5.74) is 0. The molecule has 1 N–H and O–H groups in total. The van der Waals surface area contributed by atoms with Crippen LogP contribution in [-0.4, -0.2) is 24.6 Å². The summed E-state index contributed by atoms with van der Waals surface area (Å²) < 4.78 is 0. The normalized spacial score (nSPS) is 12.9. The largest absolute Gasteiger partial charge is 0.311 e. The zero-order valence-corrected chi connectivity index (χ0v) is 8.41.